The van der Waals surface area contributed by atoms with E-state index in [0.717, 1.165) is 64.0 Å². The highest BCUT2D eigenvalue weighted by Gasteiger charge is 2.15. The van der Waals surface area contributed by atoms with Crippen LogP contribution in [0.1, 0.15) is 71.0 Å². The lowest BCUT2D eigenvalue weighted by molar-refractivity contribution is 0.187. The average Bonchev–Trinajstić information content (AvgIpc) is 3.39. The van der Waals surface area contributed by atoms with Crippen molar-refractivity contribution in [1.82, 2.24) is 25.4 Å². The molecule has 0 radical (unpaired) electrons. The molecule has 0 bridgehead atoms. The zero-order valence-corrected chi connectivity index (χ0v) is 18.0. The lowest BCUT2D eigenvalue weighted by Crippen LogP contribution is -2.40. The van der Waals surface area contributed by atoms with Gasteiger partial charge in [0, 0.05) is 45.1 Å². The second-order valence-electron chi connectivity index (χ2n) is 7.69. The Labute approximate surface area is 170 Å². The highest BCUT2D eigenvalue weighted by molar-refractivity contribution is 5.79. The summed E-state index contributed by atoms with van der Waals surface area (Å²) in [6.07, 6.45) is 13.1. The summed E-state index contributed by atoms with van der Waals surface area (Å²) in [6.45, 7) is 9.57. The third-order valence-corrected chi connectivity index (χ3v) is 5.26. The Kier molecular flexibility index (Phi) is 11.6. The third kappa shape index (κ3) is 9.04. The lowest BCUT2D eigenvalue weighted by Gasteiger charge is -2.14. The summed E-state index contributed by atoms with van der Waals surface area (Å²) in [5, 5.41) is 15.1. The van der Waals surface area contributed by atoms with E-state index in [0.29, 0.717) is 5.92 Å². The topological polar surface area (TPSA) is 76.4 Å². The molecule has 1 aromatic rings. The van der Waals surface area contributed by atoms with E-state index in [1.165, 1.54) is 44.9 Å². The zero-order chi connectivity index (χ0) is 19.9. The van der Waals surface area contributed by atoms with Crippen LogP contribution in [0.5, 0.6) is 0 Å². The molecule has 1 saturated heterocycles. The fourth-order valence-corrected chi connectivity index (χ4v) is 3.45. The number of guanidine groups is 1. The van der Waals surface area contributed by atoms with Gasteiger partial charge in [0.1, 0.15) is 12.2 Å². The quantitative estimate of drug-likeness (QED) is 0.289. The molecular formula is C21H40N6O. The predicted octanol–water partition coefficient (Wildman–Crippen LogP) is 3.16. The molecule has 1 atom stereocenters. The van der Waals surface area contributed by atoms with Crippen LogP contribution in [0.2, 0.25) is 0 Å². The monoisotopic (exact) mass is 392 g/mol. The molecule has 7 heteroatoms. The van der Waals surface area contributed by atoms with Gasteiger partial charge in [-0.15, -0.1) is 10.2 Å². The van der Waals surface area contributed by atoms with Gasteiger partial charge in [-0.05, 0) is 12.8 Å². The van der Waals surface area contributed by atoms with E-state index in [4.69, 9.17) is 9.73 Å². The van der Waals surface area contributed by atoms with Crippen LogP contribution in [0.3, 0.4) is 0 Å². The summed E-state index contributed by atoms with van der Waals surface area (Å²) >= 11 is 0. The Hall–Kier alpha value is -1.63. The second kappa shape index (κ2) is 14.4. The number of aromatic nitrogens is 3. The summed E-state index contributed by atoms with van der Waals surface area (Å²) in [5.41, 5.74) is 0. The van der Waals surface area contributed by atoms with Crippen molar-refractivity contribution >= 4 is 5.96 Å². The van der Waals surface area contributed by atoms with Gasteiger partial charge in [0.15, 0.2) is 5.96 Å². The maximum absolute atomic E-state index is 5.47. The van der Waals surface area contributed by atoms with E-state index < -0.39 is 0 Å². The highest BCUT2D eigenvalue weighted by atomic mass is 16.5. The van der Waals surface area contributed by atoms with Gasteiger partial charge in [0.05, 0.1) is 6.61 Å². The maximum Gasteiger partial charge on any atom is 0.191 e. The number of aliphatic imine (C=N–C) groups is 1. The van der Waals surface area contributed by atoms with Crippen LogP contribution < -0.4 is 10.6 Å². The first-order valence-corrected chi connectivity index (χ1v) is 11.3. The van der Waals surface area contributed by atoms with Gasteiger partial charge < -0.3 is 19.9 Å². The van der Waals surface area contributed by atoms with E-state index in [9.17, 15) is 0 Å². The Bertz CT molecular complexity index is 539. The van der Waals surface area contributed by atoms with Crippen molar-refractivity contribution in [2.75, 3.05) is 32.8 Å². The fourth-order valence-electron chi connectivity index (χ4n) is 3.45. The normalized spacial score (nSPS) is 17.2. The Morgan fingerprint density at radius 3 is 2.68 bits per heavy atom. The summed E-state index contributed by atoms with van der Waals surface area (Å²) < 4.78 is 7.57. The Morgan fingerprint density at radius 1 is 1.14 bits per heavy atom. The number of rotatable bonds is 14. The molecule has 2 N–H and O–H groups in total. The standard InChI is InChI=1S/C21H40N6O/c1-3-5-6-7-8-9-10-12-22-21(24-16-19-11-15-28-17-19)23-13-14-27-18-25-26-20(27)4-2/h18-19H,3-17H2,1-2H3,(H2,22,23,24). The SMILES string of the molecule is CCCCCCCCCNC(=NCC1CCOC1)NCCn1cnnc1CC. The minimum Gasteiger partial charge on any atom is -0.381 e. The van der Waals surface area contributed by atoms with Crippen molar-refractivity contribution in [3.8, 4) is 0 Å². The Balaban J connectivity index is 1.69. The summed E-state index contributed by atoms with van der Waals surface area (Å²) in [6, 6.07) is 0. The van der Waals surface area contributed by atoms with E-state index in [2.05, 4.69) is 39.2 Å². The van der Waals surface area contributed by atoms with E-state index in [1.54, 1.807) is 6.33 Å². The second-order valence-corrected chi connectivity index (χ2v) is 7.69. The molecule has 0 aliphatic carbocycles. The van der Waals surface area contributed by atoms with Crippen LogP contribution in [-0.2, 0) is 17.7 Å². The molecule has 1 fully saturated rings. The van der Waals surface area contributed by atoms with Crippen molar-refractivity contribution in [3.05, 3.63) is 12.2 Å². The van der Waals surface area contributed by atoms with Crippen LogP contribution in [0.4, 0.5) is 0 Å². The highest BCUT2D eigenvalue weighted by Crippen LogP contribution is 2.12. The van der Waals surface area contributed by atoms with Gasteiger partial charge in [-0.1, -0.05) is 52.4 Å². The number of hydrogen-bond donors (Lipinski definition) is 2. The first-order chi connectivity index (χ1) is 13.8. The molecule has 1 aliphatic rings. The number of unbranched alkanes of at least 4 members (excludes halogenated alkanes) is 6. The summed E-state index contributed by atoms with van der Waals surface area (Å²) in [4.78, 5) is 4.80. The van der Waals surface area contributed by atoms with Crippen molar-refractivity contribution < 1.29 is 4.74 Å². The van der Waals surface area contributed by atoms with Gasteiger partial charge in [0.2, 0.25) is 0 Å². The largest absolute Gasteiger partial charge is 0.381 e. The number of aryl methyl sites for hydroxylation is 1. The molecule has 1 unspecified atom stereocenters. The summed E-state index contributed by atoms with van der Waals surface area (Å²) in [5.74, 6) is 2.50. The molecule has 0 aromatic carbocycles. The van der Waals surface area contributed by atoms with Crippen LogP contribution in [0, 0.1) is 5.92 Å². The van der Waals surface area contributed by atoms with Gasteiger partial charge >= 0.3 is 0 Å². The zero-order valence-electron chi connectivity index (χ0n) is 18.0. The van der Waals surface area contributed by atoms with E-state index in [1.807, 2.05) is 0 Å². The van der Waals surface area contributed by atoms with Crippen LogP contribution >= 0.6 is 0 Å². The smallest absolute Gasteiger partial charge is 0.191 e. The molecule has 2 heterocycles. The number of ether oxygens (including phenoxy) is 1. The molecule has 160 valence electrons. The van der Waals surface area contributed by atoms with E-state index >= 15 is 0 Å². The molecular weight excluding hydrogens is 352 g/mol. The molecule has 0 saturated carbocycles. The Morgan fingerprint density at radius 2 is 1.93 bits per heavy atom. The van der Waals surface area contributed by atoms with Crippen molar-refractivity contribution in [2.24, 2.45) is 10.9 Å². The molecule has 0 amide bonds. The number of nitrogens with zero attached hydrogens (tertiary/aromatic N) is 4. The summed E-state index contributed by atoms with van der Waals surface area (Å²) in [7, 11) is 0. The minimum absolute atomic E-state index is 0.557. The van der Waals surface area contributed by atoms with Gasteiger partial charge in [-0.2, -0.15) is 0 Å². The van der Waals surface area contributed by atoms with Crippen LogP contribution in [0.25, 0.3) is 0 Å². The van der Waals surface area contributed by atoms with E-state index in [-0.39, 0.29) is 0 Å². The van der Waals surface area contributed by atoms with Gasteiger partial charge in [-0.25, -0.2) is 0 Å². The van der Waals surface area contributed by atoms with Crippen LogP contribution in [0.15, 0.2) is 11.3 Å². The third-order valence-electron chi connectivity index (χ3n) is 5.26. The fraction of sp³-hybridized carbons (Fsp3) is 0.857. The lowest BCUT2D eigenvalue weighted by atomic mass is 10.1. The molecule has 1 aromatic heterocycles. The van der Waals surface area contributed by atoms with Crippen LogP contribution in [-0.4, -0.2) is 53.6 Å². The molecule has 2 rings (SSSR count). The molecule has 28 heavy (non-hydrogen) atoms. The first-order valence-electron chi connectivity index (χ1n) is 11.3. The molecule has 7 nitrogen and oxygen atoms in total. The van der Waals surface area contributed by atoms with Crippen molar-refractivity contribution in [1.29, 1.82) is 0 Å². The number of hydrogen-bond acceptors (Lipinski definition) is 4. The average molecular weight is 393 g/mol. The van der Waals surface area contributed by atoms with Gasteiger partial charge in [0.25, 0.3) is 0 Å². The minimum atomic E-state index is 0.557. The number of nitrogens with one attached hydrogen (secondary N) is 2. The first kappa shape index (κ1) is 22.7. The molecule has 1 aliphatic heterocycles. The molecule has 0 spiro atoms. The van der Waals surface area contributed by atoms with Gasteiger partial charge in [-0.3, -0.25) is 4.99 Å². The van der Waals surface area contributed by atoms with Crippen molar-refractivity contribution in [3.63, 3.8) is 0 Å². The maximum atomic E-state index is 5.47. The van der Waals surface area contributed by atoms with Crippen molar-refractivity contribution in [2.45, 2.75) is 78.2 Å². The predicted molar refractivity (Wildman–Crippen MR) is 115 cm³/mol.